The molecule has 0 bridgehead atoms. The van der Waals surface area contributed by atoms with Crippen LogP contribution in [0.2, 0.25) is 0 Å². The highest BCUT2D eigenvalue weighted by Gasteiger charge is 2.45. The van der Waals surface area contributed by atoms with Crippen LogP contribution in [0, 0.1) is 5.92 Å². The second kappa shape index (κ2) is 5.86. The molecule has 7 heteroatoms. The SMILES string of the molecule is CC(C)C(N)C(=O)OCC1CN2C(=O)CC2O1.Cl. The lowest BCUT2D eigenvalue weighted by Gasteiger charge is -2.31. The highest BCUT2D eigenvalue weighted by molar-refractivity contribution is 5.85. The number of hydrogen-bond acceptors (Lipinski definition) is 5. The molecule has 2 saturated heterocycles. The fraction of sp³-hybridized carbons (Fsp3) is 0.818. The monoisotopic (exact) mass is 278 g/mol. The van der Waals surface area contributed by atoms with Crippen molar-refractivity contribution in [3.63, 3.8) is 0 Å². The Morgan fingerprint density at radius 3 is 2.78 bits per heavy atom. The van der Waals surface area contributed by atoms with Crippen molar-refractivity contribution >= 4 is 24.3 Å². The van der Waals surface area contributed by atoms with Gasteiger partial charge in [0.15, 0.2) is 0 Å². The maximum atomic E-state index is 11.5. The van der Waals surface area contributed by atoms with Gasteiger partial charge in [-0.2, -0.15) is 0 Å². The van der Waals surface area contributed by atoms with Crippen molar-refractivity contribution in [2.24, 2.45) is 11.7 Å². The highest BCUT2D eigenvalue weighted by atomic mass is 35.5. The topological polar surface area (TPSA) is 81.9 Å². The molecule has 1 amide bonds. The molecular weight excluding hydrogens is 260 g/mol. The summed E-state index contributed by atoms with van der Waals surface area (Å²) in [6.07, 6.45) is 0.121. The average molecular weight is 279 g/mol. The Balaban J connectivity index is 0.00000162. The summed E-state index contributed by atoms with van der Waals surface area (Å²) in [4.78, 5) is 24.3. The van der Waals surface area contributed by atoms with Crippen LogP contribution in [-0.4, -0.2) is 48.3 Å². The van der Waals surface area contributed by atoms with Crippen LogP contribution in [0.5, 0.6) is 0 Å². The zero-order valence-corrected chi connectivity index (χ0v) is 11.3. The number of amides is 1. The number of nitrogens with two attached hydrogens (primary N) is 1. The number of fused-ring (bicyclic) bond motifs is 1. The molecule has 0 saturated carbocycles. The van der Waals surface area contributed by atoms with Gasteiger partial charge < -0.3 is 20.1 Å². The minimum atomic E-state index is -0.602. The van der Waals surface area contributed by atoms with Gasteiger partial charge in [0.05, 0.1) is 13.0 Å². The van der Waals surface area contributed by atoms with Gasteiger partial charge in [-0.15, -0.1) is 12.4 Å². The first-order chi connectivity index (χ1) is 7.99. The van der Waals surface area contributed by atoms with Crippen molar-refractivity contribution < 1.29 is 19.1 Å². The van der Waals surface area contributed by atoms with E-state index in [1.54, 1.807) is 4.90 Å². The molecular formula is C11H19ClN2O4. The van der Waals surface area contributed by atoms with Crippen molar-refractivity contribution in [1.82, 2.24) is 4.90 Å². The van der Waals surface area contributed by atoms with Crippen molar-refractivity contribution in [2.45, 2.75) is 38.6 Å². The molecule has 104 valence electrons. The van der Waals surface area contributed by atoms with E-state index in [-0.39, 0.29) is 43.2 Å². The largest absolute Gasteiger partial charge is 0.462 e. The number of halogens is 1. The maximum Gasteiger partial charge on any atom is 0.323 e. The van der Waals surface area contributed by atoms with Crippen molar-refractivity contribution in [3.8, 4) is 0 Å². The van der Waals surface area contributed by atoms with Gasteiger partial charge in [0.1, 0.15) is 25.0 Å². The van der Waals surface area contributed by atoms with E-state index in [0.717, 1.165) is 0 Å². The molecule has 18 heavy (non-hydrogen) atoms. The molecule has 0 aromatic rings. The Labute approximate surface area is 112 Å². The second-order valence-corrected chi connectivity index (χ2v) is 4.86. The van der Waals surface area contributed by atoms with Crippen LogP contribution in [0.4, 0.5) is 0 Å². The number of carbonyl (C=O) groups excluding carboxylic acids is 2. The van der Waals surface area contributed by atoms with Crippen LogP contribution >= 0.6 is 12.4 Å². The lowest BCUT2D eigenvalue weighted by molar-refractivity contribution is -0.160. The van der Waals surface area contributed by atoms with E-state index < -0.39 is 12.0 Å². The fourth-order valence-electron chi connectivity index (χ4n) is 1.89. The van der Waals surface area contributed by atoms with Crippen LogP contribution in [0.1, 0.15) is 20.3 Å². The van der Waals surface area contributed by atoms with E-state index in [4.69, 9.17) is 15.2 Å². The van der Waals surface area contributed by atoms with E-state index in [1.807, 2.05) is 13.8 Å². The zero-order chi connectivity index (χ0) is 12.6. The zero-order valence-electron chi connectivity index (χ0n) is 10.5. The van der Waals surface area contributed by atoms with Crippen LogP contribution in [0.3, 0.4) is 0 Å². The first-order valence-electron chi connectivity index (χ1n) is 5.86. The molecule has 0 aliphatic carbocycles. The minimum Gasteiger partial charge on any atom is -0.462 e. The van der Waals surface area contributed by atoms with E-state index in [1.165, 1.54) is 0 Å². The number of rotatable bonds is 4. The molecule has 0 aromatic heterocycles. The summed E-state index contributed by atoms with van der Waals surface area (Å²) >= 11 is 0. The summed E-state index contributed by atoms with van der Waals surface area (Å²) in [7, 11) is 0. The number of esters is 1. The molecule has 3 unspecified atom stereocenters. The van der Waals surface area contributed by atoms with E-state index >= 15 is 0 Å². The number of hydrogen-bond donors (Lipinski definition) is 1. The second-order valence-electron chi connectivity index (χ2n) is 4.86. The molecule has 2 N–H and O–H groups in total. The molecule has 6 nitrogen and oxygen atoms in total. The summed E-state index contributed by atoms with van der Waals surface area (Å²) in [5.41, 5.74) is 5.65. The predicted octanol–water partition coefficient (Wildman–Crippen LogP) is -0.108. The fourth-order valence-corrected chi connectivity index (χ4v) is 1.89. The lowest BCUT2D eigenvalue weighted by atomic mass is 10.1. The molecule has 2 aliphatic heterocycles. The quantitative estimate of drug-likeness (QED) is 0.573. The van der Waals surface area contributed by atoms with Gasteiger partial charge in [-0.05, 0) is 5.92 Å². The van der Waals surface area contributed by atoms with E-state index in [0.29, 0.717) is 13.0 Å². The lowest BCUT2D eigenvalue weighted by Crippen LogP contribution is -2.48. The third kappa shape index (κ3) is 2.93. The smallest absolute Gasteiger partial charge is 0.323 e. The first kappa shape index (κ1) is 15.2. The van der Waals surface area contributed by atoms with E-state index in [9.17, 15) is 9.59 Å². The summed E-state index contributed by atoms with van der Waals surface area (Å²) < 4.78 is 10.6. The van der Waals surface area contributed by atoms with Crippen LogP contribution in [0.15, 0.2) is 0 Å². The Morgan fingerprint density at radius 1 is 1.61 bits per heavy atom. The number of ether oxygens (including phenoxy) is 2. The van der Waals surface area contributed by atoms with Crippen LogP contribution < -0.4 is 5.73 Å². The Hall–Kier alpha value is -0.850. The van der Waals surface area contributed by atoms with Crippen LogP contribution in [0.25, 0.3) is 0 Å². The van der Waals surface area contributed by atoms with Crippen molar-refractivity contribution in [1.29, 1.82) is 0 Å². The summed E-state index contributed by atoms with van der Waals surface area (Å²) in [5.74, 6) is -0.264. The Kier molecular flexibility index (Phi) is 4.95. The van der Waals surface area contributed by atoms with Gasteiger partial charge in [0, 0.05) is 0 Å². The molecule has 2 aliphatic rings. The third-order valence-electron chi connectivity index (χ3n) is 3.17. The molecule has 0 spiro atoms. The molecule has 0 aromatic carbocycles. The molecule has 2 heterocycles. The minimum absolute atomic E-state index is 0. The standard InChI is InChI=1S/C11H18N2O4.ClH/c1-6(2)10(12)11(15)16-5-7-4-13-8(14)3-9(13)17-7;/h6-7,9-10H,3-5,12H2,1-2H3;1H. The maximum absolute atomic E-state index is 11.5. The summed E-state index contributed by atoms with van der Waals surface area (Å²) in [6.45, 7) is 4.40. The Bertz CT molecular complexity index is 337. The van der Waals surface area contributed by atoms with Gasteiger partial charge in [-0.1, -0.05) is 13.8 Å². The number of β-lactam (4-membered cyclic amide) rings is 1. The van der Waals surface area contributed by atoms with Crippen LogP contribution in [-0.2, 0) is 19.1 Å². The average Bonchev–Trinajstić information content (AvgIpc) is 2.61. The normalized spacial score (nSPS) is 27.3. The molecule has 3 atom stereocenters. The Morgan fingerprint density at radius 2 is 2.28 bits per heavy atom. The summed E-state index contributed by atoms with van der Waals surface area (Å²) in [5, 5.41) is 0. The molecule has 0 radical (unpaired) electrons. The van der Waals surface area contributed by atoms with Gasteiger partial charge in [-0.3, -0.25) is 9.59 Å². The number of carbonyl (C=O) groups is 2. The summed E-state index contributed by atoms with van der Waals surface area (Å²) in [6, 6.07) is -0.602. The number of nitrogens with zero attached hydrogens (tertiary/aromatic N) is 1. The van der Waals surface area contributed by atoms with E-state index in [2.05, 4.69) is 0 Å². The molecule has 2 rings (SSSR count). The molecule has 2 fully saturated rings. The van der Waals surface area contributed by atoms with Gasteiger partial charge in [0.2, 0.25) is 5.91 Å². The predicted molar refractivity (Wildman–Crippen MR) is 66.0 cm³/mol. The van der Waals surface area contributed by atoms with Gasteiger partial charge in [-0.25, -0.2) is 0 Å². The third-order valence-corrected chi connectivity index (χ3v) is 3.17. The van der Waals surface area contributed by atoms with Gasteiger partial charge >= 0.3 is 5.97 Å². The van der Waals surface area contributed by atoms with Crippen molar-refractivity contribution in [2.75, 3.05) is 13.2 Å². The highest BCUT2D eigenvalue weighted by Crippen LogP contribution is 2.28. The first-order valence-corrected chi connectivity index (χ1v) is 5.86. The van der Waals surface area contributed by atoms with Crippen molar-refractivity contribution in [3.05, 3.63) is 0 Å². The van der Waals surface area contributed by atoms with Gasteiger partial charge in [0.25, 0.3) is 0 Å².